The molecule has 3 aromatic rings. The number of aromatic nitrogens is 1. The Morgan fingerprint density at radius 2 is 1.96 bits per heavy atom. The van der Waals surface area contributed by atoms with Gasteiger partial charge in [-0.1, -0.05) is 29.8 Å². The predicted molar refractivity (Wildman–Crippen MR) is 101 cm³/mol. The molecule has 1 heterocycles. The molecule has 4 nitrogen and oxygen atoms in total. The summed E-state index contributed by atoms with van der Waals surface area (Å²) in [6, 6.07) is 15.2. The highest BCUT2D eigenvalue weighted by Crippen LogP contribution is 2.23. The lowest BCUT2D eigenvalue weighted by Gasteiger charge is -2.11. The highest BCUT2D eigenvalue weighted by atomic mass is 35.5. The molecule has 3 rings (SSSR count). The van der Waals surface area contributed by atoms with E-state index in [9.17, 15) is 9.18 Å². The van der Waals surface area contributed by atoms with Crippen LogP contribution in [0.5, 0.6) is 0 Å². The number of anilines is 2. The quantitative estimate of drug-likeness (QED) is 0.675. The van der Waals surface area contributed by atoms with Gasteiger partial charge < -0.3 is 10.6 Å². The second kappa shape index (κ2) is 7.97. The number of hydrogen-bond acceptors (Lipinski definition) is 3. The van der Waals surface area contributed by atoms with Crippen LogP contribution in [0.3, 0.4) is 0 Å². The maximum Gasteiger partial charge on any atom is 0.270 e. The van der Waals surface area contributed by atoms with E-state index in [1.165, 1.54) is 6.07 Å². The summed E-state index contributed by atoms with van der Waals surface area (Å²) in [5, 5.41) is 6.58. The van der Waals surface area contributed by atoms with Gasteiger partial charge in [-0.05, 0) is 48.9 Å². The average molecular weight is 370 g/mol. The molecular formula is C20H17ClFN3O. The predicted octanol–water partition coefficient (Wildman–Crippen LogP) is 4.86. The van der Waals surface area contributed by atoms with E-state index in [1.54, 1.807) is 42.6 Å². The Labute approximate surface area is 156 Å². The molecule has 0 atom stereocenters. The third kappa shape index (κ3) is 4.37. The van der Waals surface area contributed by atoms with Crippen molar-refractivity contribution in [2.24, 2.45) is 0 Å². The fraction of sp³-hybridized carbons (Fsp3) is 0.100. The maximum absolute atomic E-state index is 13.6. The molecule has 0 saturated carbocycles. The van der Waals surface area contributed by atoms with E-state index in [2.05, 4.69) is 15.6 Å². The minimum absolute atomic E-state index is 0.0983. The van der Waals surface area contributed by atoms with Gasteiger partial charge >= 0.3 is 0 Å². The fourth-order valence-electron chi connectivity index (χ4n) is 2.46. The molecule has 0 spiro atoms. The average Bonchev–Trinajstić information content (AvgIpc) is 2.63. The summed E-state index contributed by atoms with van der Waals surface area (Å²) in [5.41, 5.74) is 3.27. The van der Waals surface area contributed by atoms with Gasteiger partial charge in [0.2, 0.25) is 0 Å². The fourth-order valence-corrected chi connectivity index (χ4v) is 2.69. The van der Waals surface area contributed by atoms with Gasteiger partial charge in [-0.2, -0.15) is 0 Å². The monoisotopic (exact) mass is 369 g/mol. The molecule has 132 valence electrons. The third-order valence-electron chi connectivity index (χ3n) is 3.86. The first kappa shape index (κ1) is 17.9. The molecule has 0 aliphatic carbocycles. The van der Waals surface area contributed by atoms with Gasteiger partial charge in [-0.25, -0.2) is 4.39 Å². The molecule has 0 aliphatic rings. The lowest BCUT2D eigenvalue weighted by molar-refractivity contribution is 0.0945. The minimum Gasteiger partial charge on any atom is -0.355 e. The Morgan fingerprint density at radius 1 is 1.15 bits per heavy atom. The van der Waals surface area contributed by atoms with Gasteiger partial charge in [0.1, 0.15) is 11.5 Å². The van der Waals surface area contributed by atoms with Gasteiger partial charge in [-0.3, -0.25) is 9.78 Å². The van der Waals surface area contributed by atoms with Crippen LogP contribution in [0.2, 0.25) is 5.02 Å². The first-order valence-electron chi connectivity index (χ1n) is 8.04. The number of nitrogens with zero attached hydrogens (tertiary/aromatic N) is 1. The van der Waals surface area contributed by atoms with Gasteiger partial charge in [-0.15, -0.1) is 0 Å². The van der Waals surface area contributed by atoms with Crippen molar-refractivity contribution < 1.29 is 9.18 Å². The van der Waals surface area contributed by atoms with Gasteiger partial charge in [0, 0.05) is 34.7 Å². The van der Waals surface area contributed by atoms with Crippen molar-refractivity contribution in [1.82, 2.24) is 10.3 Å². The van der Waals surface area contributed by atoms with E-state index in [0.717, 1.165) is 16.9 Å². The van der Waals surface area contributed by atoms with Crippen LogP contribution in [0.25, 0.3) is 0 Å². The summed E-state index contributed by atoms with van der Waals surface area (Å²) in [6.45, 7) is 2.04. The molecule has 2 aromatic carbocycles. The number of carbonyl (C=O) groups is 1. The summed E-state index contributed by atoms with van der Waals surface area (Å²) in [4.78, 5) is 16.4. The number of amides is 1. The zero-order chi connectivity index (χ0) is 18.5. The van der Waals surface area contributed by atoms with Crippen LogP contribution in [0.15, 0.2) is 60.8 Å². The Kier molecular flexibility index (Phi) is 5.49. The van der Waals surface area contributed by atoms with Crippen molar-refractivity contribution in [1.29, 1.82) is 0 Å². The van der Waals surface area contributed by atoms with Gasteiger partial charge in [0.25, 0.3) is 5.91 Å². The van der Waals surface area contributed by atoms with Crippen LogP contribution in [0, 0.1) is 12.7 Å². The van der Waals surface area contributed by atoms with Crippen LogP contribution in [-0.2, 0) is 6.54 Å². The molecule has 0 fully saturated rings. The molecule has 26 heavy (non-hydrogen) atoms. The number of nitrogens with one attached hydrogen (secondary N) is 2. The van der Waals surface area contributed by atoms with E-state index in [1.807, 2.05) is 19.1 Å². The highest BCUT2D eigenvalue weighted by Gasteiger charge is 2.10. The number of halogens is 2. The standard InChI is InChI=1S/C20H17ClFN3O/c1-13-10-15(21)6-7-18(13)25-16-8-9-23-19(11-16)20(26)24-12-14-4-2-3-5-17(14)22/h2-11H,12H2,1H3,(H,23,25)(H,24,26). The van der Waals surface area contributed by atoms with E-state index in [-0.39, 0.29) is 24.0 Å². The Balaban J connectivity index is 1.70. The molecule has 0 saturated heterocycles. The number of benzene rings is 2. The van der Waals surface area contributed by atoms with E-state index >= 15 is 0 Å². The van der Waals surface area contributed by atoms with Crippen molar-refractivity contribution in [3.63, 3.8) is 0 Å². The van der Waals surface area contributed by atoms with Crippen LogP contribution < -0.4 is 10.6 Å². The van der Waals surface area contributed by atoms with E-state index in [0.29, 0.717) is 10.6 Å². The molecule has 0 bridgehead atoms. The second-order valence-electron chi connectivity index (χ2n) is 5.79. The van der Waals surface area contributed by atoms with Crippen molar-refractivity contribution >= 4 is 28.9 Å². The summed E-state index contributed by atoms with van der Waals surface area (Å²) >= 11 is 5.97. The van der Waals surface area contributed by atoms with E-state index < -0.39 is 0 Å². The van der Waals surface area contributed by atoms with Crippen LogP contribution in [-0.4, -0.2) is 10.9 Å². The van der Waals surface area contributed by atoms with Crippen LogP contribution in [0.4, 0.5) is 15.8 Å². The SMILES string of the molecule is Cc1cc(Cl)ccc1Nc1ccnc(C(=O)NCc2ccccc2F)c1. The molecule has 0 aliphatic heterocycles. The zero-order valence-electron chi connectivity index (χ0n) is 14.1. The van der Waals surface area contributed by atoms with Gasteiger partial charge in [0.15, 0.2) is 0 Å². The summed E-state index contributed by atoms with van der Waals surface area (Å²) < 4.78 is 13.6. The van der Waals surface area contributed by atoms with Crippen LogP contribution >= 0.6 is 11.6 Å². The van der Waals surface area contributed by atoms with Crippen molar-refractivity contribution in [2.45, 2.75) is 13.5 Å². The molecule has 0 radical (unpaired) electrons. The van der Waals surface area contributed by atoms with Gasteiger partial charge in [0.05, 0.1) is 0 Å². The minimum atomic E-state index is -0.371. The Hall–Kier alpha value is -2.92. The first-order valence-corrected chi connectivity index (χ1v) is 8.41. The zero-order valence-corrected chi connectivity index (χ0v) is 14.8. The topological polar surface area (TPSA) is 54.0 Å². The Morgan fingerprint density at radius 3 is 2.73 bits per heavy atom. The first-order chi connectivity index (χ1) is 12.5. The smallest absolute Gasteiger partial charge is 0.270 e. The molecular weight excluding hydrogens is 353 g/mol. The third-order valence-corrected chi connectivity index (χ3v) is 4.09. The lowest BCUT2D eigenvalue weighted by atomic mass is 10.2. The summed E-state index contributed by atoms with van der Waals surface area (Å²) in [5.74, 6) is -0.723. The second-order valence-corrected chi connectivity index (χ2v) is 6.22. The number of hydrogen-bond donors (Lipinski definition) is 2. The summed E-state index contributed by atoms with van der Waals surface area (Å²) in [6.07, 6.45) is 1.55. The molecule has 6 heteroatoms. The molecule has 2 N–H and O–H groups in total. The van der Waals surface area contributed by atoms with Crippen molar-refractivity contribution in [3.8, 4) is 0 Å². The van der Waals surface area contributed by atoms with Crippen molar-refractivity contribution in [3.05, 3.63) is 88.5 Å². The van der Waals surface area contributed by atoms with Crippen LogP contribution in [0.1, 0.15) is 21.6 Å². The van der Waals surface area contributed by atoms with Crippen molar-refractivity contribution in [2.75, 3.05) is 5.32 Å². The number of rotatable bonds is 5. The number of pyridine rings is 1. The largest absolute Gasteiger partial charge is 0.355 e. The lowest BCUT2D eigenvalue weighted by Crippen LogP contribution is -2.24. The Bertz CT molecular complexity index is 946. The molecule has 1 amide bonds. The molecule has 0 unspecified atom stereocenters. The summed E-state index contributed by atoms with van der Waals surface area (Å²) in [7, 11) is 0. The maximum atomic E-state index is 13.6. The number of aryl methyl sites for hydroxylation is 1. The number of carbonyl (C=O) groups excluding carboxylic acids is 1. The highest BCUT2D eigenvalue weighted by molar-refractivity contribution is 6.30. The normalized spacial score (nSPS) is 10.4. The molecule has 1 aromatic heterocycles. The van der Waals surface area contributed by atoms with E-state index in [4.69, 9.17) is 11.6 Å².